The SMILES string of the molecule is CCCCN(C)C(=NCC)NC1C2CCOC2C12CCCC2.I. The maximum atomic E-state index is 6.09. The van der Waals surface area contributed by atoms with Crippen LogP contribution in [0, 0.1) is 11.3 Å². The maximum Gasteiger partial charge on any atom is 0.193 e. The van der Waals surface area contributed by atoms with Crippen LogP contribution in [-0.2, 0) is 4.74 Å². The lowest BCUT2D eigenvalue weighted by Gasteiger charge is -2.57. The Labute approximate surface area is 158 Å². The zero-order chi connectivity index (χ0) is 15.6. The van der Waals surface area contributed by atoms with Gasteiger partial charge in [0.25, 0.3) is 0 Å². The van der Waals surface area contributed by atoms with Crippen LogP contribution in [0.4, 0.5) is 0 Å². The Morgan fingerprint density at radius 1 is 1.30 bits per heavy atom. The first kappa shape index (κ1) is 19.3. The van der Waals surface area contributed by atoms with Gasteiger partial charge in [0.05, 0.1) is 6.10 Å². The minimum atomic E-state index is 0. The van der Waals surface area contributed by atoms with Gasteiger partial charge in [0.1, 0.15) is 0 Å². The molecule has 1 heterocycles. The third kappa shape index (κ3) is 3.51. The van der Waals surface area contributed by atoms with E-state index in [1.54, 1.807) is 0 Å². The molecule has 0 aromatic heterocycles. The maximum absolute atomic E-state index is 6.09. The Balaban J connectivity index is 0.00000192. The molecule has 3 rings (SSSR count). The Morgan fingerprint density at radius 2 is 2.04 bits per heavy atom. The second kappa shape index (κ2) is 8.37. The van der Waals surface area contributed by atoms with Crippen LogP contribution in [-0.4, -0.2) is 49.7 Å². The van der Waals surface area contributed by atoms with Gasteiger partial charge in [-0.2, -0.15) is 0 Å². The Hall–Kier alpha value is -0.0400. The predicted molar refractivity (Wildman–Crippen MR) is 107 cm³/mol. The number of fused-ring (bicyclic) bond motifs is 2. The topological polar surface area (TPSA) is 36.9 Å². The molecule has 0 aromatic carbocycles. The van der Waals surface area contributed by atoms with Crippen LogP contribution in [0.2, 0.25) is 0 Å². The highest BCUT2D eigenvalue weighted by molar-refractivity contribution is 14.0. The summed E-state index contributed by atoms with van der Waals surface area (Å²) in [5.41, 5.74) is 0.404. The molecule has 23 heavy (non-hydrogen) atoms. The van der Waals surface area contributed by atoms with Crippen molar-refractivity contribution in [2.45, 2.75) is 70.9 Å². The molecule has 3 aliphatic rings. The Kier molecular flexibility index (Phi) is 7.01. The molecule has 0 aromatic rings. The third-order valence-corrected chi connectivity index (χ3v) is 6.09. The van der Waals surface area contributed by atoms with Gasteiger partial charge in [-0.1, -0.05) is 26.2 Å². The summed E-state index contributed by atoms with van der Waals surface area (Å²) in [6.07, 6.45) is 9.63. The fourth-order valence-electron chi connectivity index (χ4n) is 4.97. The Morgan fingerprint density at radius 3 is 2.70 bits per heavy atom. The van der Waals surface area contributed by atoms with Gasteiger partial charge in [-0.25, -0.2) is 0 Å². The van der Waals surface area contributed by atoms with Crippen LogP contribution >= 0.6 is 24.0 Å². The summed E-state index contributed by atoms with van der Waals surface area (Å²) in [5.74, 6) is 1.82. The van der Waals surface area contributed by atoms with Gasteiger partial charge in [-0.3, -0.25) is 4.99 Å². The van der Waals surface area contributed by atoms with Crippen molar-refractivity contribution in [2.75, 3.05) is 26.7 Å². The van der Waals surface area contributed by atoms with Gasteiger partial charge in [-0.15, -0.1) is 24.0 Å². The molecule has 3 atom stereocenters. The van der Waals surface area contributed by atoms with Crippen molar-refractivity contribution in [1.82, 2.24) is 10.2 Å². The zero-order valence-corrected chi connectivity index (χ0v) is 17.3. The molecule has 3 fully saturated rings. The highest BCUT2D eigenvalue weighted by Gasteiger charge is 2.65. The number of hydrogen-bond donors (Lipinski definition) is 1. The minimum absolute atomic E-state index is 0. The van der Waals surface area contributed by atoms with E-state index in [4.69, 9.17) is 9.73 Å². The van der Waals surface area contributed by atoms with Crippen LogP contribution in [0.3, 0.4) is 0 Å². The van der Waals surface area contributed by atoms with Crippen LogP contribution in [0.15, 0.2) is 4.99 Å². The van der Waals surface area contributed by atoms with E-state index in [1.807, 2.05) is 0 Å². The molecule has 2 aliphatic carbocycles. The van der Waals surface area contributed by atoms with E-state index in [9.17, 15) is 0 Å². The van der Waals surface area contributed by atoms with Crippen molar-refractivity contribution in [1.29, 1.82) is 0 Å². The first-order chi connectivity index (χ1) is 10.7. The molecule has 0 amide bonds. The summed E-state index contributed by atoms with van der Waals surface area (Å²) < 4.78 is 6.09. The van der Waals surface area contributed by atoms with Crippen LogP contribution < -0.4 is 5.32 Å². The number of unbranched alkanes of at least 4 members (excludes halogenated alkanes) is 1. The molecule has 0 bridgehead atoms. The van der Waals surface area contributed by atoms with Gasteiger partial charge in [0.15, 0.2) is 5.96 Å². The van der Waals surface area contributed by atoms with Crippen molar-refractivity contribution in [3.05, 3.63) is 0 Å². The standard InChI is InChI=1S/C18H33N3O.HI/c1-4-6-12-21(3)17(19-5-2)20-15-14-9-13-22-16(14)18(15)10-7-8-11-18;/h14-16H,4-13H2,1-3H3,(H,19,20);1H. The molecular formula is C18H34IN3O. The smallest absolute Gasteiger partial charge is 0.193 e. The van der Waals surface area contributed by atoms with Gasteiger partial charge < -0.3 is 15.0 Å². The van der Waals surface area contributed by atoms with E-state index in [2.05, 4.69) is 31.1 Å². The summed E-state index contributed by atoms with van der Waals surface area (Å²) in [4.78, 5) is 7.08. The van der Waals surface area contributed by atoms with Crippen LogP contribution in [0.25, 0.3) is 0 Å². The highest BCUT2D eigenvalue weighted by atomic mass is 127. The lowest BCUT2D eigenvalue weighted by molar-refractivity contribution is -0.125. The van der Waals surface area contributed by atoms with E-state index < -0.39 is 0 Å². The average Bonchev–Trinajstić information content (AvgIpc) is 3.16. The number of aliphatic imine (C=N–C) groups is 1. The second-order valence-corrected chi connectivity index (χ2v) is 7.38. The van der Waals surface area contributed by atoms with Gasteiger partial charge in [-0.05, 0) is 32.6 Å². The number of rotatable bonds is 5. The van der Waals surface area contributed by atoms with Crippen molar-refractivity contribution in [3.8, 4) is 0 Å². The molecule has 1 N–H and O–H groups in total. The Bertz CT molecular complexity index is 409. The first-order valence-electron chi connectivity index (χ1n) is 9.36. The molecule has 2 saturated carbocycles. The highest BCUT2D eigenvalue weighted by Crippen LogP contribution is 2.60. The fraction of sp³-hybridized carbons (Fsp3) is 0.944. The first-order valence-corrected chi connectivity index (χ1v) is 9.36. The van der Waals surface area contributed by atoms with Gasteiger partial charge in [0.2, 0.25) is 0 Å². The number of guanidine groups is 1. The number of ether oxygens (including phenoxy) is 1. The molecule has 1 saturated heterocycles. The summed E-state index contributed by atoms with van der Waals surface area (Å²) in [5, 5.41) is 3.86. The van der Waals surface area contributed by atoms with E-state index in [-0.39, 0.29) is 24.0 Å². The summed E-state index contributed by atoms with van der Waals surface area (Å²) >= 11 is 0. The molecule has 1 spiro atoms. The van der Waals surface area contributed by atoms with Gasteiger partial charge >= 0.3 is 0 Å². The second-order valence-electron chi connectivity index (χ2n) is 7.38. The molecule has 4 nitrogen and oxygen atoms in total. The quantitative estimate of drug-likeness (QED) is 0.407. The van der Waals surface area contributed by atoms with Crippen molar-refractivity contribution in [3.63, 3.8) is 0 Å². The molecule has 134 valence electrons. The van der Waals surface area contributed by atoms with Crippen molar-refractivity contribution in [2.24, 2.45) is 16.3 Å². The predicted octanol–water partition coefficient (Wildman–Crippen LogP) is 3.65. The lowest BCUT2D eigenvalue weighted by atomic mass is 9.54. The number of nitrogens with one attached hydrogen (secondary N) is 1. The molecule has 1 aliphatic heterocycles. The van der Waals surface area contributed by atoms with Crippen molar-refractivity contribution < 1.29 is 4.74 Å². The van der Waals surface area contributed by atoms with E-state index >= 15 is 0 Å². The van der Waals surface area contributed by atoms with Crippen molar-refractivity contribution >= 4 is 29.9 Å². The molecule has 3 unspecified atom stereocenters. The third-order valence-electron chi connectivity index (χ3n) is 6.09. The van der Waals surface area contributed by atoms with Gasteiger partial charge in [0, 0.05) is 44.1 Å². The normalized spacial score (nSPS) is 31.4. The number of hydrogen-bond acceptors (Lipinski definition) is 2. The number of halogens is 1. The fourth-order valence-corrected chi connectivity index (χ4v) is 4.97. The summed E-state index contributed by atoms with van der Waals surface area (Å²) in [7, 11) is 2.18. The monoisotopic (exact) mass is 435 g/mol. The molecule has 0 radical (unpaired) electrons. The van der Waals surface area contributed by atoms with Crippen LogP contribution in [0.5, 0.6) is 0 Å². The summed E-state index contributed by atoms with van der Waals surface area (Å²) in [6.45, 7) is 7.28. The van der Waals surface area contributed by atoms with E-state index in [0.29, 0.717) is 23.5 Å². The molecule has 5 heteroatoms. The van der Waals surface area contributed by atoms with E-state index in [1.165, 1.54) is 44.9 Å². The minimum Gasteiger partial charge on any atom is -0.377 e. The lowest BCUT2D eigenvalue weighted by Crippen LogP contribution is -2.69. The van der Waals surface area contributed by atoms with E-state index in [0.717, 1.165) is 25.7 Å². The zero-order valence-electron chi connectivity index (χ0n) is 15.0. The average molecular weight is 435 g/mol. The summed E-state index contributed by atoms with van der Waals surface area (Å²) in [6, 6.07) is 0.580. The largest absolute Gasteiger partial charge is 0.377 e. The molecular weight excluding hydrogens is 401 g/mol. The number of nitrogens with zero attached hydrogens (tertiary/aromatic N) is 2. The van der Waals surface area contributed by atoms with Crippen LogP contribution in [0.1, 0.15) is 58.8 Å².